The van der Waals surface area contributed by atoms with E-state index in [0.29, 0.717) is 5.02 Å². The lowest BCUT2D eigenvalue weighted by molar-refractivity contribution is 0.448. The van der Waals surface area contributed by atoms with Crippen LogP contribution in [0.2, 0.25) is 5.02 Å². The van der Waals surface area contributed by atoms with Crippen molar-refractivity contribution in [1.82, 2.24) is 15.2 Å². The van der Waals surface area contributed by atoms with Crippen LogP contribution in [-0.2, 0) is 6.42 Å². The number of nitrogens with two attached hydrogens (primary N) is 1. The Labute approximate surface area is 132 Å². The molecule has 3 N–H and O–H groups in total. The summed E-state index contributed by atoms with van der Waals surface area (Å²) in [6.45, 7) is 4.14. The first-order valence-corrected chi connectivity index (χ1v) is 7.63. The fourth-order valence-corrected chi connectivity index (χ4v) is 2.93. The van der Waals surface area contributed by atoms with Crippen LogP contribution in [0.4, 0.5) is 0 Å². The molecule has 0 spiro atoms. The lowest BCUT2D eigenvalue weighted by Gasteiger charge is -2.20. The van der Waals surface area contributed by atoms with Crippen molar-refractivity contribution in [3.05, 3.63) is 51.2 Å². The topological polar surface area (TPSA) is 55.9 Å². The zero-order chi connectivity index (χ0) is 14.7. The maximum absolute atomic E-state index is 6.27. The van der Waals surface area contributed by atoms with Gasteiger partial charge in [0.1, 0.15) is 0 Å². The van der Waals surface area contributed by atoms with E-state index < -0.39 is 0 Å². The van der Waals surface area contributed by atoms with E-state index in [1.807, 2.05) is 16.8 Å². The molecule has 2 aromatic rings. The molecule has 2 rings (SSSR count). The molecule has 108 valence electrons. The Balaban J connectivity index is 2.31. The first-order valence-electron chi connectivity index (χ1n) is 6.46. The van der Waals surface area contributed by atoms with Crippen molar-refractivity contribution in [1.29, 1.82) is 0 Å². The molecule has 0 aliphatic rings. The van der Waals surface area contributed by atoms with Gasteiger partial charge in [0.25, 0.3) is 0 Å². The van der Waals surface area contributed by atoms with Crippen molar-refractivity contribution < 1.29 is 0 Å². The highest BCUT2D eigenvalue weighted by Gasteiger charge is 2.21. The highest BCUT2D eigenvalue weighted by molar-refractivity contribution is 9.10. The van der Waals surface area contributed by atoms with Gasteiger partial charge in [0.15, 0.2) is 0 Å². The van der Waals surface area contributed by atoms with Crippen molar-refractivity contribution in [3.8, 4) is 0 Å². The van der Waals surface area contributed by atoms with Gasteiger partial charge < -0.3 is 0 Å². The Morgan fingerprint density at radius 2 is 2.20 bits per heavy atom. The summed E-state index contributed by atoms with van der Waals surface area (Å²) < 4.78 is 2.96. The van der Waals surface area contributed by atoms with Crippen molar-refractivity contribution in [2.24, 2.45) is 5.84 Å². The minimum Gasteiger partial charge on any atom is -0.271 e. The molecule has 0 saturated carbocycles. The van der Waals surface area contributed by atoms with Gasteiger partial charge in [-0.1, -0.05) is 39.7 Å². The van der Waals surface area contributed by atoms with Gasteiger partial charge in [-0.2, -0.15) is 5.10 Å². The zero-order valence-corrected chi connectivity index (χ0v) is 13.8. The molecular weight excluding hydrogens is 340 g/mol. The van der Waals surface area contributed by atoms with Crippen LogP contribution in [0.1, 0.15) is 37.2 Å². The van der Waals surface area contributed by atoms with Crippen LogP contribution in [0.5, 0.6) is 0 Å². The molecule has 20 heavy (non-hydrogen) atoms. The van der Waals surface area contributed by atoms with E-state index in [9.17, 15) is 0 Å². The summed E-state index contributed by atoms with van der Waals surface area (Å²) in [4.78, 5) is 0. The van der Waals surface area contributed by atoms with E-state index in [-0.39, 0.29) is 12.1 Å². The minimum absolute atomic E-state index is 0.0818. The quantitative estimate of drug-likeness (QED) is 0.634. The third-order valence-electron chi connectivity index (χ3n) is 3.14. The lowest BCUT2D eigenvalue weighted by Crippen LogP contribution is -2.32. The van der Waals surface area contributed by atoms with Crippen molar-refractivity contribution in [3.63, 3.8) is 0 Å². The molecule has 1 atom stereocenters. The second-order valence-electron chi connectivity index (χ2n) is 4.97. The monoisotopic (exact) mass is 356 g/mol. The molecule has 0 saturated heterocycles. The molecule has 0 aliphatic carbocycles. The summed E-state index contributed by atoms with van der Waals surface area (Å²) in [5.74, 6) is 5.73. The number of aromatic nitrogens is 2. The standard InChI is InChI=1S/C14H18BrClN4/c1-9(2)20-14(12(16)8-18-20)13(19-17)7-10-4-3-5-11(15)6-10/h3-6,8-9,13,19H,7,17H2,1-2H3. The largest absolute Gasteiger partial charge is 0.271 e. The normalized spacial score (nSPS) is 12.9. The smallest absolute Gasteiger partial charge is 0.0834 e. The number of nitrogens with one attached hydrogen (secondary N) is 1. The van der Waals surface area contributed by atoms with E-state index in [1.54, 1.807) is 6.20 Å². The van der Waals surface area contributed by atoms with E-state index in [4.69, 9.17) is 17.4 Å². The highest BCUT2D eigenvalue weighted by atomic mass is 79.9. The Kier molecular flexibility index (Phi) is 5.21. The van der Waals surface area contributed by atoms with Crippen LogP contribution < -0.4 is 11.3 Å². The van der Waals surface area contributed by atoms with Crippen molar-refractivity contribution in [2.75, 3.05) is 0 Å². The molecule has 1 aromatic carbocycles. The SMILES string of the molecule is CC(C)n1ncc(Cl)c1C(Cc1cccc(Br)c1)NN. The first-order chi connectivity index (χ1) is 9.52. The predicted molar refractivity (Wildman–Crippen MR) is 85.5 cm³/mol. The van der Waals surface area contributed by atoms with Gasteiger partial charge >= 0.3 is 0 Å². The van der Waals surface area contributed by atoms with Gasteiger partial charge in [-0.3, -0.25) is 16.0 Å². The first kappa shape index (κ1) is 15.5. The van der Waals surface area contributed by atoms with Crippen LogP contribution >= 0.6 is 27.5 Å². The number of hydrogen-bond donors (Lipinski definition) is 2. The molecule has 4 nitrogen and oxygen atoms in total. The third-order valence-corrected chi connectivity index (χ3v) is 3.92. The molecular formula is C14H18BrClN4. The fraction of sp³-hybridized carbons (Fsp3) is 0.357. The van der Waals surface area contributed by atoms with Crippen LogP contribution in [0.15, 0.2) is 34.9 Å². The van der Waals surface area contributed by atoms with Crippen molar-refractivity contribution in [2.45, 2.75) is 32.4 Å². The number of rotatable bonds is 5. The number of hydrazine groups is 1. The average Bonchev–Trinajstić information content (AvgIpc) is 2.78. The molecule has 0 fully saturated rings. The Morgan fingerprint density at radius 1 is 1.45 bits per heavy atom. The van der Waals surface area contributed by atoms with Crippen LogP contribution in [0.25, 0.3) is 0 Å². The van der Waals surface area contributed by atoms with Gasteiger partial charge in [-0.15, -0.1) is 0 Å². The summed E-state index contributed by atoms with van der Waals surface area (Å²) >= 11 is 9.75. The Morgan fingerprint density at radius 3 is 2.80 bits per heavy atom. The molecule has 1 aromatic heterocycles. The van der Waals surface area contributed by atoms with Gasteiger partial charge in [-0.05, 0) is 38.0 Å². The molecule has 0 aliphatic heterocycles. The number of nitrogens with zero attached hydrogens (tertiary/aromatic N) is 2. The van der Waals surface area contributed by atoms with Gasteiger partial charge in [0.05, 0.1) is 23.0 Å². The number of halogens is 2. The van der Waals surface area contributed by atoms with Gasteiger partial charge in [0.2, 0.25) is 0 Å². The molecule has 0 radical (unpaired) electrons. The minimum atomic E-state index is -0.0818. The second-order valence-corrected chi connectivity index (χ2v) is 6.29. The summed E-state index contributed by atoms with van der Waals surface area (Å²) in [7, 11) is 0. The second kappa shape index (κ2) is 6.72. The van der Waals surface area contributed by atoms with Crippen LogP contribution in [0.3, 0.4) is 0 Å². The summed E-state index contributed by atoms with van der Waals surface area (Å²) in [6, 6.07) is 8.30. The third kappa shape index (κ3) is 3.41. The van der Waals surface area contributed by atoms with Crippen LogP contribution in [-0.4, -0.2) is 9.78 Å². The van der Waals surface area contributed by atoms with Crippen LogP contribution in [0, 0.1) is 0 Å². The Bertz CT molecular complexity index is 582. The molecule has 6 heteroatoms. The molecule has 1 heterocycles. The van der Waals surface area contributed by atoms with Crippen molar-refractivity contribution >= 4 is 27.5 Å². The Hall–Kier alpha value is -0.880. The maximum Gasteiger partial charge on any atom is 0.0834 e. The summed E-state index contributed by atoms with van der Waals surface area (Å²) in [6.07, 6.45) is 2.41. The number of benzene rings is 1. The number of hydrogen-bond acceptors (Lipinski definition) is 3. The van der Waals surface area contributed by atoms with E-state index in [0.717, 1.165) is 16.6 Å². The van der Waals surface area contributed by atoms with Gasteiger partial charge in [0, 0.05) is 10.5 Å². The van der Waals surface area contributed by atoms with Gasteiger partial charge in [-0.25, -0.2) is 0 Å². The van der Waals surface area contributed by atoms with E-state index in [2.05, 4.69) is 52.4 Å². The average molecular weight is 358 g/mol. The lowest BCUT2D eigenvalue weighted by atomic mass is 10.0. The maximum atomic E-state index is 6.27. The van der Waals surface area contributed by atoms with E-state index >= 15 is 0 Å². The highest BCUT2D eigenvalue weighted by Crippen LogP contribution is 2.28. The molecule has 1 unspecified atom stereocenters. The summed E-state index contributed by atoms with van der Waals surface area (Å²) in [5, 5.41) is 4.96. The zero-order valence-electron chi connectivity index (χ0n) is 11.5. The fourth-order valence-electron chi connectivity index (χ4n) is 2.22. The summed E-state index contributed by atoms with van der Waals surface area (Å²) in [5.41, 5.74) is 4.94. The molecule has 0 bridgehead atoms. The predicted octanol–water partition coefficient (Wildman–Crippen LogP) is 3.63. The molecule has 0 amide bonds. The van der Waals surface area contributed by atoms with E-state index in [1.165, 1.54) is 5.56 Å².